The Morgan fingerprint density at radius 2 is 1.70 bits per heavy atom. The minimum absolute atomic E-state index is 0.0712. The van der Waals surface area contributed by atoms with Gasteiger partial charge in [0.1, 0.15) is 0 Å². The minimum Gasteiger partial charge on any atom is -0.342 e. The smallest absolute Gasteiger partial charge is 0.226 e. The van der Waals surface area contributed by atoms with E-state index in [0.717, 1.165) is 45.3 Å². The molecule has 4 nitrogen and oxygen atoms in total. The summed E-state index contributed by atoms with van der Waals surface area (Å²) in [5.74, 6) is 0.914. The highest BCUT2D eigenvalue weighted by molar-refractivity contribution is 5.82. The van der Waals surface area contributed by atoms with E-state index in [1.165, 1.54) is 5.56 Å². The predicted molar refractivity (Wildman–Crippen MR) is 89.6 cm³/mol. The first-order chi connectivity index (χ1) is 11.2. The molecule has 2 fully saturated rings. The number of carbonyl (C=O) groups excluding carboxylic acids is 2. The average Bonchev–Trinajstić information content (AvgIpc) is 3.44. The topological polar surface area (TPSA) is 40.6 Å². The lowest BCUT2D eigenvalue weighted by molar-refractivity contribution is -0.141. The summed E-state index contributed by atoms with van der Waals surface area (Å²) in [6.45, 7) is 4.93. The van der Waals surface area contributed by atoms with Gasteiger partial charge in [-0.25, -0.2) is 0 Å². The van der Waals surface area contributed by atoms with Crippen molar-refractivity contribution in [1.82, 2.24) is 9.80 Å². The zero-order valence-electron chi connectivity index (χ0n) is 13.9. The first kappa shape index (κ1) is 16.0. The van der Waals surface area contributed by atoms with E-state index < -0.39 is 0 Å². The van der Waals surface area contributed by atoms with Gasteiger partial charge in [0.15, 0.2) is 0 Å². The fourth-order valence-corrected chi connectivity index (χ4v) is 3.34. The van der Waals surface area contributed by atoms with Crippen LogP contribution in [0.4, 0.5) is 0 Å². The number of hydrogen-bond donors (Lipinski definition) is 0. The quantitative estimate of drug-likeness (QED) is 0.838. The Labute approximate surface area is 138 Å². The van der Waals surface area contributed by atoms with Crippen molar-refractivity contribution < 1.29 is 9.59 Å². The van der Waals surface area contributed by atoms with Gasteiger partial charge in [-0.05, 0) is 38.2 Å². The van der Waals surface area contributed by atoms with Crippen LogP contribution in [0.5, 0.6) is 0 Å². The van der Waals surface area contributed by atoms with Gasteiger partial charge < -0.3 is 9.80 Å². The first-order valence-corrected chi connectivity index (χ1v) is 8.80. The number of rotatable bonds is 5. The van der Waals surface area contributed by atoms with Crippen LogP contribution in [0.3, 0.4) is 0 Å². The van der Waals surface area contributed by atoms with Crippen LogP contribution in [0, 0.1) is 11.8 Å². The van der Waals surface area contributed by atoms with Crippen molar-refractivity contribution in [2.75, 3.05) is 19.6 Å². The van der Waals surface area contributed by atoms with Crippen molar-refractivity contribution in [3.63, 3.8) is 0 Å². The molecule has 3 rings (SSSR count). The Morgan fingerprint density at radius 3 is 2.26 bits per heavy atom. The van der Waals surface area contributed by atoms with Gasteiger partial charge >= 0.3 is 0 Å². The Kier molecular flexibility index (Phi) is 4.99. The van der Waals surface area contributed by atoms with Crippen molar-refractivity contribution in [3.8, 4) is 0 Å². The fraction of sp³-hybridized carbons (Fsp3) is 0.579. The molecule has 1 saturated carbocycles. The van der Waals surface area contributed by atoms with E-state index in [4.69, 9.17) is 0 Å². The molecule has 0 spiro atoms. The molecule has 2 amide bonds. The van der Waals surface area contributed by atoms with Gasteiger partial charge in [0.05, 0.1) is 0 Å². The lowest BCUT2D eigenvalue weighted by Crippen LogP contribution is -2.44. The molecule has 0 N–H and O–H groups in total. The lowest BCUT2D eigenvalue weighted by atomic mass is 9.94. The molecule has 1 aromatic carbocycles. The Bertz CT molecular complexity index is 546. The maximum absolute atomic E-state index is 12.8. The number of nitrogens with zero attached hydrogens (tertiary/aromatic N) is 2. The van der Waals surface area contributed by atoms with Gasteiger partial charge in [-0.15, -0.1) is 0 Å². The van der Waals surface area contributed by atoms with Crippen molar-refractivity contribution >= 4 is 11.8 Å². The SMILES string of the molecule is CCN(Cc1ccccc1)C(=O)C1CCN(C(=O)C2CC2)CC1. The zero-order valence-corrected chi connectivity index (χ0v) is 13.9. The summed E-state index contributed by atoms with van der Waals surface area (Å²) in [5.41, 5.74) is 1.17. The van der Waals surface area contributed by atoms with Crippen molar-refractivity contribution in [3.05, 3.63) is 35.9 Å². The maximum atomic E-state index is 12.8. The molecule has 2 aliphatic rings. The molecule has 0 atom stereocenters. The summed E-state index contributed by atoms with van der Waals surface area (Å²) < 4.78 is 0. The molecule has 1 saturated heterocycles. The highest BCUT2D eigenvalue weighted by Crippen LogP contribution is 2.32. The number of piperidine rings is 1. The van der Waals surface area contributed by atoms with Crippen LogP contribution >= 0.6 is 0 Å². The van der Waals surface area contributed by atoms with Crippen LogP contribution in [0.25, 0.3) is 0 Å². The van der Waals surface area contributed by atoms with Crippen LogP contribution in [0.2, 0.25) is 0 Å². The molecule has 0 radical (unpaired) electrons. The second-order valence-electron chi connectivity index (χ2n) is 6.71. The predicted octanol–water partition coefficient (Wildman–Crippen LogP) is 2.68. The molecule has 1 aliphatic carbocycles. The number of likely N-dealkylation sites (tertiary alicyclic amines) is 1. The zero-order chi connectivity index (χ0) is 16.2. The lowest BCUT2D eigenvalue weighted by Gasteiger charge is -2.34. The third kappa shape index (κ3) is 3.92. The van der Waals surface area contributed by atoms with Gasteiger partial charge in [-0.3, -0.25) is 9.59 Å². The van der Waals surface area contributed by atoms with Crippen LogP contribution in [0.1, 0.15) is 38.2 Å². The van der Waals surface area contributed by atoms with Crippen LogP contribution in [0.15, 0.2) is 30.3 Å². The molecular weight excluding hydrogens is 288 g/mol. The van der Waals surface area contributed by atoms with E-state index >= 15 is 0 Å². The summed E-state index contributed by atoms with van der Waals surface area (Å²) in [5, 5.41) is 0. The van der Waals surface area contributed by atoms with E-state index in [1.54, 1.807) is 0 Å². The molecule has 1 aromatic rings. The van der Waals surface area contributed by atoms with Gasteiger partial charge in [0.2, 0.25) is 11.8 Å². The summed E-state index contributed by atoms with van der Waals surface area (Å²) in [4.78, 5) is 28.8. The molecule has 1 heterocycles. The van der Waals surface area contributed by atoms with E-state index in [-0.39, 0.29) is 17.7 Å². The Morgan fingerprint density at radius 1 is 1.04 bits per heavy atom. The number of benzene rings is 1. The second-order valence-corrected chi connectivity index (χ2v) is 6.71. The van der Waals surface area contributed by atoms with Crippen molar-refractivity contribution in [2.24, 2.45) is 11.8 Å². The summed E-state index contributed by atoms with van der Waals surface area (Å²) in [6, 6.07) is 10.1. The van der Waals surface area contributed by atoms with Crippen LogP contribution < -0.4 is 0 Å². The molecule has 124 valence electrons. The third-order valence-electron chi connectivity index (χ3n) is 4.99. The van der Waals surface area contributed by atoms with Gasteiger partial charge in [-0.2, -0.15) is 0 Å². The molecule has 0 unspecified atom stereocenters. The third-order valence-corrected chi connectivity index (χ3v) is 4.99. The molecule has 4 heteroatoms. The number of amides is 2. The van der Waals surface area contributed by atoms with Gasteiger partial charge in [-0.1, -0.05) is 30.3 Å². The molecule has 1 aliphatic heterocycles. The maximum Gasteiger partial charge on any atom is 0.226 e. The van der Waals surface area contributed by atoms with Crippen LogP contribution in [-0.2, 0) is 16.1 Å². The fourth-order valence-electron chi connectivity index (χ4n) is 3.34. The van der Waals surface area contributed by atoms with E-state index in [1.807, 2.05) is 34.9 Å². The Balaban J connectivity index is 1.53. The monoisotopic (exact) mass is 314 g/mol. The second kappa shape index (κ2) is 7.16. The standard InChI is InChI=1S/C19H26N2O2/c1-2-20(14-15-6-4-3-5-7-15)18(22)17-10-12-21(13-11-17)19(23)16-8-9-16/h3-7,16-17H,2,8-14H2,1H3. The number of hydrogen-bond acceptors (Lipinski definition) is 2. The first-order valence-electron chi connectivity index (χ1n) is 8.80. The average molecular weight is 314 g/mol. The Hall–Kier alpha value is -1.84. The van der Waals surface area contributed by atoms with E-state index in [0.29, 0.717) is 12.5 Å². The van der Waals surface area contributed by atoms with E-state index in [9.17, 15) is 9.59 Å². The molecular formula is C19H26N2O2. The molecule has 23 heavy (non-hydrogen) atoms. The van der Waals surface area contributed by atoms with Crippen LogP contribution in [-0.4, -0.2) is 41.2 Å². The van der Waals surface area contributed by atoms with Gasteiger partial charge in [0, 0.05) is 38.0 Å². The normalized spacial score (nSPS) is 18.7. The summed E-state index contributed by atoms with van der Waals surface area (Å²) >= 11 is 0. The largest absolute Gasteiger partial charge is 0.342 e. The summed E-state index contributed by atoms with van der Waals surface area (Å²) in [7, 11) is 0. The highest BCUT2D eigenvalue weighted by atomic mass is 16.2. The number of carbonyl (C=O) groups is 2. The molecule has 0 bridgehead atoms. The van der Waals surface area contributed by atoms with Crippen molar-refractivity contribution in [1.29, 1.82) is 0 Å². The minimum atomic E-state index is 0.0712. The van der Waals surface area contributed by atoms with Crippen molar-refractivity contribution in [2.45, 2.75) is 39.2 Å². The highest BCUT2D eigenvalue weighted by Gasteiger charge is 2.36. The van der Waals surface area contributed by atoms with E-state index in [2.05, 4.69) is 12.1 Å². The molecule has 0 aromatic heterocycles. The van der Waals surface area contributed by atoms with Gasteiger partial charge in [0.25, 0.3) is 0 Å². The summed E-state index contributed by atoms with van der Waals surface area (Å²) in [6.07, 6.45) is 3.72.